The van der Waals surface area contributed by atoms with E-state index in [1.54, 1.807) is 4.90 Å². The van der Waals surface area contributed by atoms with E-state index in [0.29, 0.717) is 17.9 Å². The van der Waals surface area contributed by atoms with Gasteiger partial charge < -0.3 is 10.0 Å². The van der Waals surface area contributed by atoms with E-state index in [9.17, 15) is 9.90 Å². The second kappa shape index (κ2) is 7.90. The SMILES string of the molecule is Cc1cnc(-c2ccc(-c3ccc(C(=O)N4CCC[C@H]4CO)cc3)cc2)nc1. The van der Waals surface area contributed by atoms with Gasteiger partial charge in [0, 0.05) is 30.1 Å². The van der Waals surface area contributed by atoms with Gasteiger partial charge in [-0.05, 0) is 48.6 Å². The lowest BCUT2D eigenvalue weighted by atomic mass is 10.0. The van der Waals surface area contributed by atoms with Gasteiger partial charge in [0.2, 0.25) is 0 Å². The molecule has 1 aliphatic rings. The average molecular weight is 373 g/mol. The lowest BCUT2D eigenvalue weighted by Crippen LogP contribution is -2.37. The Balaban J connectivity index is 1.51. The van der Waals surface area contributed by atoms with Crippen molar-refractivity contribution in [3.05, 3.63) is 72.1 Å². The minimum absolute atomic E-state index is 0.00466. The third-order valence-corrected chi connectivity index (χ3v) is 5.24. The molecule has 5 heteroatoms. The minimum Gasteiger partial charge on any atom is -0.394 e. The van der Waals surface area contributed by atoms with Crippen LogP contribution in [0.4, 0.5) is 0 Å². The number of nitrogens with zero attached hydrogens (tertiary/aromatic N) is 3. The predicted molar refractivity (Wildman–Crippen MR) is 109 cm³/mol. The van der Waals surface area contributed by atoms with Crippen molar-refractivity contribution >= 4 is 5.91 Å². The molecule has 4 rings (SSSR count). The first kappa shape index (κ1) is 18.3. The topological polar surface area (TPSA) is 66.3 Å². The molecule has 0 unspecified atom stereocenters. The largest absolute Gasteiger partial charge is 0.394 e. The fraction of sp³-hybridized carbons (Fsp3) is 0.261. The molecule has 0 saturated carbocycles. The Morgan fingerprint density at radius 2 is 1.57 bits per heavy atom. The highest BCUT2D eigenvalue weighted by molar-refractivity contribution is 5.95. The molecule has 0 spiro atoms. The predicted octanol–water partition coefficient (Wildman–Crippen LogP) is 3.72. The molecule has 1 amide bonds. The van der Waals surface area contributed by atoms with Gasteiger partial charge in [0.05, 0.1) is 12.6 Å². The molecule has 5 nitrogen and oxygen atoms in total. The standard InChI is InChI=1S/C23H23N3O2/c1-16-13-24-22(25-14-16)19-8-4-17(5-9-19)18-6-10-20(11-7-18)23(28)26-12-2-3-21(26)15-27/h4-11,13-14,21,27H,2-3,12,15H2,1H3/t21-/m0/s1. The fourth-order valence-corrected chi connectivity index (χ4v) is 3.62. The van der Waals surface area contributed by atoms with Gasteiger partial charge in [-0.15, -0.1) is 0 Å². The number of carbonyl (C=O) groups is 1. The van der Waals surface area contributed by atoms with Crippen LogP contribution in [0.15, 0.2) is 60.9 Å². The smallest absolute Gasteiger partial charge is 0.254 e. The summed E-state index contributed by atoms with van der Waals surface area (Å²) in [6.45, 7) is 2.71. The van der Waals surface area contributed by atoms with Gasteiger partial charge in [-0.2, -0.15) is 0 Å². The first-order valence-corrected chi connectivity index (χ1v) is 9.57. The fourth-order valence-electron chi connectivity index (χ4n) is 3.62. The Morgan fingerprint density at radius 3 is 2.18 bits per heavy atom. The van der Waals surface area contributed by atoms with Crippen molar-refractivity contribution in [3.63, 3.8) is 0 Å². The molecule has 3 aromatic rings. The van der Waals surface area contributed by atoms with Crippen LogP contribution in [0.2, 0.25) is 0 Å². The van der Waals surface area contributed by atoms with Crippen LogP contribution in [0.1, 0.15) is 28.8 Å². The molecule has 142 valence electrons. The maximum Gasteiger partial charge on any atom is 0.254 e. The van der Waals surface area contributed by atoms with Crippen molar-refractivity contribution in [1.82, 2.24) is 14.9 Å². The van der Waals surface area contributed by atoms with Crippen molar-refractivity contribution in [3.8, 4) is 22.5 Å². The zero-order valence-electron chi connectivity index (χ0n) is 15.9. The zero-order chi connectivity index (χ0) is 19.5. The highest BCUT2D eigenvalue weighted by Gasteiger charge is 2.28. The van der Waals surface area contributed by atoms with Crippen LogP contribution < -0.4 is 0 Å². The number of rotatable bonds is 4. The molecule has 1 fully saturated rings. The third kappa shape index (κ3) is 3.66. The molecule has 2 heterocycles. The normalized spacial score (nSPS) is 16.4. The van der Waals surface area contributed by atoms with Crippen LogP contribution in [0.3, 0.4) is 0 Å². The van der Waals surface area contributed by atoms with Crippen LogP contribution in [-0.2, 0) is 0 Å². The molecule has 1 saturated heterocycles. The monoisotopic (exact) mass is 373 g/mol. The Labute approximate surface area is 164 Å². The Bertz CT molecular complexity index is 951. The maximum absolute atomic E-state index is 12.7. The lowest BCUT2D eigenvalue weighted by molar-refractivity contribution is 0.0677. The van der Waals surface area contributed by atoms with Crippen LogP contribution in [-0.4, -0.2) is 45.1 Å². The summed E-state index contributed by atoms with van der Waals surface area (Å²) in [5.41, 5.74) is 4.79. The van der Waals surface area contributed by atoms with E-state index < -0.39 is 0 Å². The maximum atomic E-state index is 12.7. The van der Waals surface area contributed by atoms with E-state index in [1.807, 2.05) is 67.8 Å². The van der Waals surface area contributed by atoms with Crippen molar-refractivity contribution in [1.29, 1.82) is 0 Å². The van der Waals surface area contributed by atoms with Crippen LogP contribution in [0, 0.1) is 6.92 Å². The summed E-state index contributed by atoms with van der Waals surface area (Å²) < 4.78 is 0. The number of benzene rings is 2. The molecule has 0 radical (unpaired) electrons. The van der Waals surface area contributed by atoms with Gasteiger partial charge in [-0.25, -0.2) is 9.97 Å². The summed E-state index contributed by atoms with van der Waals surface area (Å²) in [5.74, 6) is 0.706. The van der Waals surface area contributed by atoms with E-state index in [2.05, 4.69) is 9.97 Å². The van der Waals surface area contributed by atoms with Crippen molar-refractivity contribution in [2.75, 3.05) is 13.2 Å². The molecule has 2 aromatic carbocycles. The third-order valence-electron chi connectivity index (χ3n) is 5.24. The number of carbonyl (C=O) groups excluding carboxylic acids is 1. The first-order chi connectivity index (χ1) is 13.7. The summed E-state index contributed by atoms with van der Waals surface area (Å²) in [4.78, 5) is 23.2. The van der Waals surface area contributed by atoms with Gasteiger partial charge in [0.1, 0.15) is 0 Å². The summed E-state index contributed by atoms with van der Waals surface area (Å²) in [6, 6.07) is 15.7. The highest BCUT2D eigenvalue weighted by atomic mass is 16.3. The second-order valence-electron chi connectivity index (χ2n) is 7.22. The van der Waals surface area contributed by atoms with Gasteiger partial charge in [-0.3, -0.25) is 4.79 Å². The van der Waals surface area contributed by atoms with Gasteiger partial charge >= 0.3 is 0 Å². The second-order valence-corrected chi connectivity index (χ2v) is 7.22. The number of aliphatic hydroxyl groups is 1. The molecular formula is C23H23N3O2. The number of hydrogen-bond donors (Lipinski definition) is 1. The molecule has 28 heavy (non-hydrogen) atoms. The molecule has 0 aliphatic carbocycles. The molecule has 1 atom stereocenters. The van der Waals surface area contributed by atoms with Crippen LogP contribution in [0.5, 0.6) is 0 Å². The zero-order valence-corrected chi connectivity index (χ0v) is 15.9. The van der Waals surface area contributed by atoms with E-state index in [1.165, 1.54) is 0 Å². The van der Waals surface area contributed by atoms with E-state index in [4.69, 9.17) is 0 Å². The Hall–Kier alpha value is -3.05. The number of aliphatic hydroxyl groups excluding tert-OH is 1. The molecule has 0 bridgehead atoms. The van der Waals surface area contributed by atoms with Crippen LogP contribution >= 0.6 is 0 Å². The summed E-state index contributed by atoms with van der Waals surface area (Å²) in [6.07, 6.45) is 5.45. The minimum atomic E-state index is -0.0521. The van der Waals surface area contributed by atoms with E-state index in [0.717, 1.165) is 35.1 Å². The van der Waals surface area contributed by atoms with Crippen molar-refractivity contribution in [2.45, 2.75) is 25.8 Å². The van der Waals surface area contributed by atoms with E-state index in [-0.39, 0.29) is 18.6 Å². The van der Waals surface area contributed by atoms with E-state index >= 15 is 0 Å². The molecule has 1 aromatic heterocycles. The van der Waals surface area contributed by atoms with Crippen molar-refractivity contribution in [2.24, 2.45) is 0 Å². The van der Waals surface area contributed by atoms with Gasteiger partial charge in [-0.1, -0.05) is 36.4 Å². The first-order valence-electron chi connectivity index (χ1n) is 9.57. The lowest BCUT2D eigenvalue weighted by Gasteiger charge is -2.23. The van der Waals surface area contributed by atoms with Crippen molar-refractivity contribution < 1.29 is 9.90 Å². The number of aryl methyl sites for hydroxylation is 1. The summed E-state index contributed by atoms with van der Waals surface area (Å²) in [7, 11) is 0. The summed E-state index contributed by atoms with van der Waals surface area (Å²) in [5, 5.41) is 9.44. The highest BCUT2D eigenvalue weighted by Crippen LogP contribution is 2.25. The Kier molecular flexibility index (Phi) is 5.17. The number of amides is 1. The number of hydrogen-bond acceptors (Lipinski definition) is 4. The quantitative estimate of drug-likeness (QED) is 0.757. The number of aromatic nitrogens is 2. The van der Waals surface area contributed by atoms with Gasteiger partial charge in [0.15, 0.2) is 5.82 Å². The molecule has 1 N–H and O–H groups in total. The average Bonchev–Trinajstić information content (AvgIpc) is 3.23. The van der Waals surface area contributed by atoms with Gasteiger partial charge in [0.25, 0.3) is 5.91 Å². The van der Waals surface area contributed by atoms with Crippen LogP contribution in [0.25, 0.3) is 22.5 Å². The molecular weight excluding hydrogens is 350 g/mol. The number of likely N-dealkylation sites (tertiary alicyclic amines) is 1. The Morgan fingerprint density at radius 1 is 1.00 bits per heavy atom. The molecule has 1 aliphatic heterocycles. The summed E-state index contributed by atoms with van der Waals surface area (Å²) >= 11 is 0.